The normalized spacial score (nSPS) is 21.3. The van der Waals surface area contributed by atoms with Gasteiger partial charge in [-0.1, -0.05) is 12.1 Å². The standard InChI is InChI=1S/C15H19NO5/c1-4-19-15(18)9(2)16-14(17)13-10(3)20-11-7-5-6-8-12(11)21-13/h5-10,13H,4H2,1-3H3,(H,16,17). The van der Waals surface area contributed by atoms with Crippen molar-refractivity contribution in [1.82, 2.24) is 5.32 Å². The molecule has 0 bridgehead atoms. The van der Waals surface area contributed by atoms with Crippen LogP contribution in [0.25, 0.3) is 0 Å². The number of nitrogens with one attached hydrogen (secondary N) is 1. The summed E-state index contributed by atoms with van der Waals surface area (Å²) in [5.74, 6) is 0.236. The van der Waals surface area contributed by atoms with Crippen LogP contribution in [0, 0.1) is 0 Å². The van der Waals surface area contributed by atoms with E-state index in [0.29, 0.717) is 11.5 Å². The molecule has 3 atom stereocenters. The number of hydrogen-bond donors (Lipinski definition) is 1. The van der Waals surface area contributed by atoms with Gasteiger partial charge in [0.05, 0.1) is 6.61 Å². The first-order valence-electron chi connectivity index (χ1n) is 6.92. The molecule has 1 aromatic rings. The molecule has 0 aromatic heterocycles. The second-order valence-electron chi connectivity index (χ2n) is 4.79. The van der Waals surface area contributed by atoms with Gasteiger partial charge >= 0.3 is 5.97 Å². The van der Waals surface area contributed by atoms with Crippen LogP contribution in [0.3, 0.4) is 0 Å². The Labute approximate surface area is 123 Å². The van der Waals surface area contributed by atoms with Gasteiger partial charge in [0.1, 0.15) is 12.1 Å². The van der Waals surface area contributed by atoms with E-state index in [1.54, 1.807) is 39.0 Å². The number of hydrogen-bond acceptors (Lipinski definition) is 5. The topological polar surface area (TPSA) is 73.9 Å². The van der Waals surface area contributed by atoms with Crippen molar-refractivity contribution in [2.75, 3.05) is 6.61 Å². The van der Waals surface area contributed by atoms with Gasteiger partial charge in [0.15, 0.2) is 11.5 Å². The summed E-state index contributed by atoms with van der Waals surface area (Å²) in [6.45, 7) is 5.29. The van der Waals surface area contributed by atoms with Crippen LogP contribution < -0.4 is 14.8 Å². The van der Waals surface area contributed by atoms with Gasteiger partial charge in [0, 0.05) is 0 Å². The first-order chi connectivity index (χ1) is 10.0. The van der Waals surface area contributed by atoms with Gasteiger partial charge < -0.3 is 19.5 Å². The lowest BCUT2D eigenvalue weighted by atomic mass is 10.1. The Morgan fingerprint density at radius 3 is 2.52 bits per heavy atom. The summed E-state index contributed by atoms with van der Waals surface area (Å²) in [6, 6.07) is 6.41. The summed E-state index contributed by atoms with van der Waals surface area (Å²) in [7, 11) is 0. The molecule has 6 heteroatoms. The summed E-state index contributed by atoms with van der Waals surface area (Å²) >= 11 is 0. The molecule has 1 aliphatic heterocycles. The Kier molecular flexibility index (Phi) is 4.67. The predicted octanol–water partition coefficient (Wildman–Crippen LogP) is 1.28. The average molecular weight is 293 g/mol. The highest BCUT2D eigenvalue weighted by molar-refractivity contribution is 5.87. The van der Waals surface area contributed by atoms with Crippen molar-refractivity contribution in [2.24, 2.45) is 0 Å². The summed E-state index contributed by atoms with van der Waals surface area (Å²) in [4.78, 5) is 23.7. The van der Waals surface area contributed by atoms with E-state index in [9.17, 15) is 9.59 Å². The SMILES string of the molecule is CCOC(=O)C(C)NC(=O)C1Oc2ccccc2OC1C. The van der Waals surface area contributed by atoms with Crippen molar-refractivity contribution in [3.63, 3.8) is 0 Å². The number of esters is 1. The molecule has 2 rings (SSSR count). The Bertz CT molecular complexity index is 531. The van der Waals surface area contributed by atoms with Gasteiger partial charge in [0.2, 0.25) is 6.10 Å². The van der Waals surface area contributed by atoms with Crippen LogP contribution in [0.5, 0.6) is 11.5 Å². The Morgan fingerprint density at radius 2 is 1.90 bits per heavy atom. The van der Waals surface area contributed by atoms with Gasteiger partial charge in [-0.3, -0.25) is 4.79 Å². The molecule has 0 saturated heterocycles. The van der Waals surface area contributed by atoms with E-state index < -0.39 is 30.1 Å². The maximum Gasteiger partial charge on any atom is 0.328 e. The molecule has 1 aromatic carbocycles. The maximum atomic E-state index is 12.2. The molecule has 1 heterocycles. The summed E-state index contributed by atoms with van der Waals surface area (Å²) in [5.41, 5.74) is 0. The molecular formula is C15H19NO5. The number of rotatable bonds is 4. The zero-order valence-corrected chi connectivity index (χ0v) is 12.3. The van der Waals surface area contributed by atoms with E-state index in [1.165, 1.54) is 0 Å². The number of ether oxygens (including phenoxy) is 3. The molecular weight excluding hydrogens is 274 g/mol. The smallest absolute Gasteiger partial charge is 0.328 e. The number of carbonyl (C=O) groups excluding carboxylic acids is 2. The zero-order chi connectivity index (χ0) is 15.4. The Hall–Kier alpha value is -2.24. The monoisotopic (exact) mass is 293 g/mol. The third-order valence-electron chi connectivity index (χ3n) is 3.10. The fourth-order valence-corrected chi connectivity index (χ4v) is 2.03. The van der Waals surface area contributed by atoms with E-state index in [0.717, 1.165) is 0 Å². The molecule has 114 valence electrons. The van der Waals surface area contributed by atoms with Gasteiger partial charge in [-0.2, -0.15) is 0 Å². The van der Waals surface area contributed by atoms with Gasteiger partial charge in [-0.25, -0.2) is 4.79 Å². The average Bonchev–Trinajstić information content (AvgIpc) is 2.46. The Balaban J connectivity index is 2.02. The molecule has 1 aliphatic rings. The van der Waals surface area contributed by atoms with Crippen molar-refractivity contribution in [3.05, 3.63) is 24.3 Å². The van der Waals surface area contributed by atoms with E-state index in [2.05, 4.69) is 5.32 Å². The highest BCUT2D eigenvalue weighted by atomic mass is 16.6. The van der Waals surface area contributed by atoms with Crippen LogP contribution in [-0.2, 0) is 14.3 Å². The quantitative estimate of drug-likeness (QED) is 0.847. The van der Waals surface area contributed by atoms with Crippen molar-refractivity contribution in [1.29, 1.82) is 0 Å². The van der Waals surface area contributed by atoms with Crippen LogP contribution in [-0.4, -0.2) is 36.7 Å². The second-order valence-corrected chi connectivity index (χ2v) is 4.79. The number of fused-ring (bicyclic) bond motifs is 1. The molecule has 1 N–H and O–H groups in total. The molecule has 0 radical (unpaired) electrons. The first kappa shape index (κ1) is 15.2. The number of para-hydroxylation sites is 2. The lowest BCUT2D eigenvalue weighted by Gasteiger charge is -2.31. The zero-order valence-electron chi connectivity index (χ0n) is 12.3. The number of benzene rings is 1. The fraction of sp³-hybridized carbons (Fsp3) is 0.467. The van der Waals surface area contributed by atoms with E-state index in [1.807, 2.05) is 6.07 Å². The lowest BCUT2D eigenvalue weighted by molar-refractivity contribution is -0.148. The summed E-state index contributed by atoms with van der Waals surface area (Å²) < 4.78 is 16.2. The van der Waals surface area contributed by atoms with Gasteiger partial charge in [-0.15, -0.1) is 0 Å². The van der Waals surface area contributed by atoms with Crippen molar-refractivity contribution in [3.8, 4) is 11.5 Å². The minimum atomic E-state index is -0.809. The van der Waals surface area contributed by atoms with Crippen LogP contribution in [0.2, 0.25) is 0 Å². The van der Waals surface area contributed by atoms with Crippen LogP contribution in [0.1, 0.15) is 20.8 Å². The largest absolute Gasteiger partial charge is 0.482 e. The molecule has 0 aliphatic carbocycles. The minimum Gasteiger partial charge on any atom is -0.482 e. The van der Waals surface area contributed by atoms with Crippen molar-refractivity contribution < 1.29 is 23.8 Å². The Morgan fingerprint density at radius 1 is 1.29 bits per heavy atom. The predicted molar refractivity (Wildman–Crippen MR) is 75.2 cm³/mol. The van der Waals surface area contributed by atoms with Crippen LogP contribution >= 0.6 is 0 Å². The third-order valence-corrected chi connectivity index (χ3v) is 3.10. The number of amides is 1. The minimum absolute atomic E-state index is 0.270. The molecule has 3 unspecified atom stereocenters. The fourth-order valence-electron chi connectivity index (χ4n) is 2.03. The first-order valence-corrected chi connectivity index (χ1v) is 6.92. The van der Waals surface area contributed by atoms with Gasteiger partial charge in [-0.05, 0) is 32.9 Å². The highest BCUT2D eigenvalue weighted by Gasteiger charge is 2.35. The van der Waals surface area contributed by atoms with Crippen LogP contribution in [0.15, 0.2) is 24.3 Å². The van der Waals surface area contributed by atoms with Crippen LogP contribution in [0.4, 0.5) is 0 Å². The van der Waals surface area contributed by atoms with E-state index in [-0.39, 0.29) is 6.61 Å². The van der Waals surface area contributed by atoms with E-state index >= 15 is 0 Å². The third kappa shape index (κ3) is 3.45. The summed E-state index contributed by atoms with van der Waals surface area (Å²) in [6.07, 6.45) is -1.26. The molecule has 6 nitrogen and oxygen atoms in total. The van der Waals surface area contributed by atoms with E-state index in [4.69, 9.17) is 14.2 Å². The van der Waals surface area contributed by atoms with Crippen molar-refractivity contribution >= 4 is 11.9 Å². The highest BCUT2D eigenvalue weighted by Crippen LogP contribution is 2.33. The molecule has 21 heavy (non-hydrogen) atoms. The van der Waals surface area contributed by atoms with Crippen molar-refractivity contribution in [2.45, 2.75) is 39.0 Å². The maximum absolute atomic E-state index is 12.2. The second kappa shape index (κ2) is 6.47. The van der Waals surface area contributed by atoms with Gasteiger partial charge in [0.25, 0.3) is 5.91 Å². The molecule has 0 saturated carbocycles. The number of carbonyl (C=O) groups is 2. The lowest BCUT2D eigenvalue weighted by Crippen LogP contribution is -2.52. The molecule has 0 fully saturated rings. The molecule has 1 amide bonds. The molecule has 0 spiro atoms. The summed E-state index contributed by atoms with van der Waals surface area (Å²) in [5, 5.41) is 2.58.